The van der Waals surface area contributed by atoms with E-state index in [1.54, 1.807) is 0 Å². The van der Waals surface area contributed by atoms with Crippen molar-refractivity contribution in [3.8, 4) is 11.1 Å². The molecule has 1 heterocycles. The van der Waals surface area contributed by atoms with Gasteiger partial charge in [-0.1, -0.05) is 30.3 Å². The molecule has 1 aliphatic carbocycles. The normalized spacial score (nSPS) is 20.3. The maximum Gasteiger partial charge on any atom is 0.136 e. The van der Waals surface area contributed by atoms with Gasteiger partial charge in [-0.15, -0.1) is 0 Å². The first-order chi connectivity index (χ1) is 10.2. The highest BCUT2D eigenvalue weighted by Gasteiger charge is 2.25. The highest BCUT2D eigenvalue weighted by molar-refractivity contribution is 5.82. The Labute approximate surface area is 125 Å². The number of hydrogen-bond donors (Lipinski definition) is 0. The number of carbonyl (C=O) groups excluding carboxylic acids is 1. The molecule has 2 aromatic rings. The van der Waals surface area contributed by atoms with Crippen LogP contribution in [-0.2, 0) is 11.2 Å². The highest BCUT2D eigenvalue weighted by Crippen LogP contribution is 2.38. The maximum atomic E-state index is 11.6. The molecule has 1 atom stereocenters. The third-order valence-electron chi connectivity index (χ3n) is 4.80. The molecule has 4 rings (SSSR count). The summed E-state index contributed by atoms with van der Waals surface area (Å²) in [7, 11) is 0. The quantitative estimate of drug-likeness (QED) is 0.674. The number of Topliss-reactive ketones (excluding diaryl/α,β-unsaturated/α-hetero) is 1. The Balaban J connectivity index is 1.69. The van der Waals surface area contributed by atoms with Crippen molar-refractivity contribution >= 4 is 11.5 Å². The van der Waals surface area contributed by atoms with E-state index in [1.165, 1.54) is 27.9 Å². The van der Waals surface area contributed by atoms with Crippen LogP contribution in [0.25, 0.3) is 11.1 Å². The van der Waals surface area contributed by atoms with Gasteiger partial charge in [0.1, 0.15) is 5.78 Å². The highest BCUT2D eigenvalue weighted by atomic mass is 16.1. The van der Waals surface area contributed by atoms with E-state index >= 15 is 0 Å². The molecule has 0 bridgehead atoms. The zero-order valence-electron chi connectivity index (χ0n) is 12.3. The molecule has 1 saturated heterocycles. The molecule has 21 heavy (non-hydrogen) atoms. The van der Waals surface area contributed by atoms with Gasteiger partial charge in [0.05, 0.1) is 0 Å². The third-order valence-corrected chi connectivity index (χ3v) is 4.80. The van der Waals surface area contributed by atoms with Crippen molar-refractivity contribution in [2.75, 3.05) is 11.4 Å². The van der Waals surface area contributed by atoms with Crippen LogP contribution in [0.1, 0.15) is 30.9 Å². The minimum absolute atomic E-state index is 0.313. The molecule has 0 amide bonds. The lowest BCUT2D eigenvalue weighted by Gasteiger charge is -2.35. The van der Waals surface area contributed by atoms with E-state index in [1.807, 2.05) is 0 Å². The second-order valence-corrected chi connectivity index (χ2v) is 6.21. The van der Waals surface area contributed by atoms with Gasteiger partial charge >= 0.3 is 0 Å². The number of piperidine rings is 1. The van der Waals surface area contributed by atoms with E-state index in [0.29, 0.717) is 24.7 Å². The van der Waals surface area contributed by atoms with E-state index < -0.39 is 0 Å². The fourth-order valence-electron chi connectivity index (χ4n) is 3.70. The Bertz CT molecular complexity index is 719. The van der Waals surface area contributed by atoms with Crippen LogP contribution < -0.4 is 4.90 Å². The van der Waals surface area contributed by atoms with Gasteiger partial charge in [-0.2, -0.15) is 0 Å². The summed E-state index contributed by atoms with van der Waals surface area (Å²) < 4.78 is 0. The van der Waals surface area contributed by atoms with E-state index in [4.69, 9.17) is 0 Å². The zero-order valence-corrected chi connectivity index (χ0v) is 12.3. The summed E-state index contributed by atoms with van der Waals surface area (Å²) in [6.07, 6.45) is 2.39. The molecule has 0 spiro atoms. The van der Waals surface area contributed by atoms with Crippen LogP contribution in [0.15, 0.2) is 42.5 Å². The van der Waals surface area contributed by atoms with Crippen molar-refractivity contribution in [2.24, 2.45) is 0 Å². The molecule has 1 fully saturated rings. The lowest BCUT2D eigenvalue weighted by Crippen LogP contribution is -2.41. The van der Waals surface area contributed by atoms with Gasteiger partial charge in [0.15, 0.2) is 0 Å². The SMILES string of the molecule is CC1CC(=O)CCN1c1ccc2c(c1)Cc1ccccc1-2. The standard InChI is InChI=1S/C19H19NO/c1-13-10-17(21)8-9-20(13)16-6-7-19-15(12-16)11-14-4-2-3-5-18(14)19/h2-7,12-13H,8-11H2,1H3. The van der Waals surface area contributed by atoms with E-state index in [9.17, 15) is 4.79 Å². The monoisotopic (exact) mass is 277 g/mol. The fraction of sp³-hybridized carbons (Fsp3) is 0.316. The van der Waals surface area contributed by atoms with Crippen LogP contribution in [0.4, 0.5) is 5.69 Å². The summed E-state index contributed by atoms with van der Waals surface area (Å²) in [6, 6.07) is 15.8. The molecule has 0 N–H and O–H groups in total. The van der Waals surface area contributed by atoms with Crippen molar-refractivity contribution in [3.05, 3.63) is 53.6 Å². The number of fused-ring (bicyclic) bond motifs is 3. The van der Waals surface area contributed by atoms with Gasteiger partial charge in [-0.3, -0.25) is 4.79 Å². The number of benzene rings is 2. The second kappa shape index (κ2) is 4.73. The summed E-state index contributed by atoms with van der Waals surface area (Å²) in [6.45, 7) is 3.00. The summed E-state index contributed by atoms with van der Waals surface area (Å²) in [5.41, 5.74) is 6.85. The summed E-state index contributed by atoms with van der Waals surface area (Å²) in [5.74, 6) is 0.396. The van der Waals surface area contributed by atoms with Crippen LogP contribution in [0.2, 0.25) is 0 Å². The van der Waals surface area contributed by atoms with E-state index in [2.05, 4.69) is 54.3 Å². The smallest absolute Gasteiger partial charge is 0.136 e. The first-order valence-electron chi connectivity index (χ1n) is 7.72. The first-order valence-corrected chi connectivity index (χ1v) is 7.72. The number of rotatable bonds is 1. The predicted molar refractivity (Wildman–Crippen MR) is 85.7 cm³/mol. The van der Waals surface area contributed by atoms with Gasteiger partial charge in [0.25, 0.3) is 0 Å². The molecular weight excluding hydrogens is 258 g/mol. The number of anilines is 1. The van der Waals surface area contributed by atoms with E-state index in [0.717, 1.165) is 13.0 Å². The molecule has 2 nitrogen and oxygen atoms in total. The Hall–Kier alpha value is -2.09. The van der Waals surface area contributed by atoms with Gasteiger partial charge < -0.3 is 4.90 Å². The van der Waals surface area contributed by atoms with Crippen LogP contribution >= 0.6 is 0 Å². The minimum Gasteiger partial charge on any atom is -0.368 e. The molecule has 0 aromatic heterocycles. The Kier molecular flexibility index (Phi) is 2.85. The molecule has 0 saturated carbocycles. The average molecular weight is 277 g/mol. The maximum absolute atomic E-state index is 11.6. The van der Waals surface area contributed by atoms with Crippen LogP contribution in [0.5, 0.6) is 0 Å². The summed E-state index contributed by atoms with van der Waals surface area (Å²) in [4.78, 5) is 13.9. The lowest BCUT2D eigenvalue weighted by atomic mass is 10.00. The van der Waals surface area contributed by atoms with Crippen molar-refractivity contribution in [1.82, 2.24) is 0 Å². The topological polar surface area (TPSA) is 20.3 Å². The van der Waals surface area contributed by atoms with Crippen molar-refractivity contribution in [1.29, 1.82) is 0 Å². The first kappa shape index (κ1) is 12.6. The van der Waals surface area contributed by atoms with Crippen molar-refractivity contribution in [3.63, 3.8) is 0 Å². The molecule has 1 aliphatic heterocycles. The predicted octanol–water partition coefficient (Wildman–Crippen LogP) is 3.82. The molecular formula is C19H19NO. The van der Waals surface area contributed by atoms with Gasteiger partial charge in [0.2, 0.25) is 0 Å². The van der Waals surface area contributed by atoms with Gasteiger partial charge in [0, 0.05) is 31.1 Å². The third kappa shape index (κ3) is 2.06. The van der Waals surface area contributed by atoms with Crippen LogP contribution in [-0.4, -0.2) is 18.4 Å². The largest absolute Gasteiger partial charge is 0.368 e. The van der Waals surface area contributed by atoms with Gasteiger partial charge in [-0.05, 0) is 47.7 Å². The molecule has 106 valence electrons. The second-order valence-electron chi connectivity index (χ2n) is 6.21. The molecule has 1 unspecified atom stereocenters. The van der Waals surface area contributed by atoms with Crippen LogP contribution in [0, 0.1) is 0 Å². The summed E-state index contributed by atoms with van der Waals surface area (Å²) in [5, 5.41) is 0. The van der Waals surface area contributed by atoms with Crippen molar-refractivity contribution in [2.45, 2.75) is 32.2 Å². The van der Waals surface area contributed by atoms with E-state index in [-0.39, 0.29) is 0 Å². The average Bonchev–Trinajstić information content (AvgIpc) is 2.84. The Morgan fingerprint density at radius 3 is 2.71 bits per heavy atom. The number of hydrogen-bond acceptors (Lipinski definition) is 2. The minimum atomic E-state index is 0.313. The van der Waals surface area contributed by atoms with Crippen molar-refractivity contribution < 1.29 is 4.79 Å². The molecule has 2 aromatic carbocycles. The fourth-order valence-corrected chi connectivity index (χ4v) is 3.70. The number of ketones is 1. The van der Waals surface area contributed by atoms with Crippen LogP contribution in [0.3, 0.4) is 0 Å². The Morgan fingerprint density at radius 2 is 1.86 bits per heavy atom. The Morgan fingerprint density at radius 1 is 1.05 bits per heavy atom. The molecule has 2 heteroatoms. The number of carbonyl (C=O) groups is 1. The zero-order chi connectivity index (χ0) is 14.4. The lowest BCUT2D eigenvalue weighted by molar-refractivity contribution is -0.120. The van der Waals surface area contributed by atoms with Gasteiger partial charge in [-0.25, -0.2) is 0 Å². The number of nitrogens with zero attached hydrogens (tertiary/aromatic N) is 1. The molecule has 2 aliphatic rings. The summed E-state index contributed by atoms with van der Waals surface area (Å²) >= 11 is 0. The molecule has 0 radical (unpaired) electrons.